The molecule has 0 aromatic rings. The van der Waals surface area contributed by atoms with Crippen LogP contribution in [0.5, 0.6) is 0 Å². The first-order chi connectivity index (χ1) is 6.86. The molecule has 1 fully saturated rings. The van der Waals surface area contributed by atoms with Gasteiger partial charge in [-0.3, -0.25) is 0 Å². The van der Waals surface area contributed by atoms with Gasteiger partial charge in [-0.2, -0.15) is 12.6 Å². The molecule has 0 aliphatic carbocycles. The summed E-state index contributed by atoms with van der Waals surface area (Å²) >= 11 is 4.27. The summed E-state index contributed by atoms with van der Waals surface area (Å²) in [5.74, 6) is 1.02. The molecule has 3 heteroatoms. The van der Waals surface area contributed by atoms with E-state index in [4.69, 9.17) is 0 Å². The van der Waals surface area contributed by atoms with Crippen molar-refractivity contribution in [3.63, 3.8) is 0 Å². The topological polar surface area (TPSA) is 15.3 Å². The van der Waals surface area contributed by atoms with Crippen molar-refractivity contribution in [3.05, 3.63) is 0 Å². The molecule has 0 saturated carbocycles. The van der Waals surface area contributed by atoms with Crippen LogP contribution in [0.1, 0.15) is 32.1 Å². The summed E-state index contributed by atoms with van der Waals surface area (Å²) in [5.41, 5.74) is 0. The highest BCUT2D eigenvalue weighted by atomic mass is 32.1. The Morgan fingerprint density at radius 2 is 2.14 bits per heavy atom. The minimum Gasteiger partial charge on any atom is -0.317 e. The molecule has 1 rings (SSSR count). The van der Waals surface area contributed by atoms with Crippen LogP contribution in [0.25, 0.3) is 0 Å². The fourth-order valence-electron chi connectivity index (χ4n) is 2.13. The molecule has 1 aliphatic heterocycles. The first-order valence-electron chi connectivity index (χ1n) is 5.87. The zero-order valence-electron chi connectivity index (χ0n) is 9.34. The van der Waals surface area contributed by atoms with Crippen molar-refractivity contribution in [3.8, 4) is 0 Å². The summed E-state index contributed by atoms with van der Waals surface area (Å²) < 4.78 is 0. The van der Waals surface area contributed by atoms with E-state index in [1.165, 1.54) is 51.7 Å². The van der Waals surface area contributed by atoms with Gasteiger partial charge in [0.05, 0.1) is 0 Å². The van der Waals surface area contributed by atoms with Crippen LogP contribution < -0.4 is 5.32 Å². The smallest absolute Gasteiger partial charge is 0.00762 e. The normalized spacial score (nSPS) is 25.7. The molecule has 2 nitrogen and oxygen atoms in total. The van der Waals surface area contributed by atoms with Crippen LogP contribution in [0.2, 0.25) is 0 Å². The predicted octanol–water partition coefficient (Wildman–Crippen LogP) is 1.77. The summed E-state index contributed by atoms with van der Waals surface area (Å²) in [6.45, 7) is 3.80. The summed E-state index contributed by atoms with van der Waals surface area (Å²) in [5, 5.41) is 3.41. The fourth-order valence-corrected chi connectivity index (χ4v) is 2.27. The molecule has 0 amide bonds. The van der Waals surface area contributed by atoms with E-state index in [0.29, 0.717) is 0 Å². The molecular formula is C11H24N2S. The summed E-state index contributed by atoms with van der Waals surface area (Å²) in [6.07, 6.45) is 6.64. The number of thiol groups is 1. The van der Waals surface area contributed by atoms with Gasteiger partial charge in [0.15, 0.2) is 0 Å². The van der Waals surface area contributed by atoms with Crippen LogP contribution in [-0.2, 0) is 0 Å². The zero-order valence-corrected chi connectivity index (χ0v) is 10.2. The molecule has 1 atom stereocenters. The summed E-state index contributed by atoms with van der Waals surface area (Å²) in [4.78, 5) is 2.60. The lowest BCUT2D eigenvalue weighted by Crippen LogP contribution is -2.36. The van der Waals surface area contributed by atoms with Crippen molar-refractivity contribution in [2.45, 2.75) is 38.1 Å². The Morgan fingerprint density at radius 1 is 1.29 bits per heavy atom. The summed E-state index contributed by atoms with van der Waals surface area (Å²) in [6, 6.07) is 0.744. The van der Waals surface area contributed by atoms with E-state index in [2.05, 4.69) is 29.9 Å². The molecule has 14 heavy (non-hydrogen) atoms. The third-order valence-electron chi connectivity index (χ3n) is 3.11. The molecule has 0 aromatic heterocycles. The Morgan fingerprint density at radius 3 is 2.86 bits per heavy atom. The van der Waals surface area contributed by atoms with Crippen molar-refractivity contribution in [1.29, 1.82) is 0 Å². The number of hydrogen-bond donors (Lipinski definition) is 2. The maximum atomic E-state index is 4.27. The second-order valence-electron chi connectivity index (χ2n) is 4.19. The quantitative estimate of drug-likeness (QED) is 0.696. The maximum absolute atomic E-state index is 4.27. The van der Waals surface area contributed by atoms with Crippen molar-refractivity contribution < 1.29 is 0 Å². The van der Waals surface area contributed by atoms with E-state index in [1.807, 2.05) is 0 Å². The molecule has 1 N–H and O–H groups in total. The standard InChI is InChI=1S/C11H24N2S/c1-12-11-5-2-3-7-13(9-6-11)8-4-10-14/h11-12,14H,2-10H2,1H3. The maximum Gasteiger partial charge on any atom is 0.00762 e. The van der Waals surface area contributed by atoms with Crippen LogP contribution in [0.4, 0.5) is 0 Å². The van der Waals surface area contributed by atoms with Gasteiger partial charge >= 0.3 is 0 Å². The van der Waals surface area contributed by atoms with Crippen LogP contribution in [0, 0.1) is 0 Å². The van der Waals surface area contributed by atoms with E-state index < -0.39 is 0 Å². The molecule has 84 valence electrons. The summed E-state index contributed by atoms with van der Waals surface area (Å²) in [7, 11) is 2.09. The Labute approximate surface area is 93.8 Å². The molecular weight excluding hydrogens is 192 g/mol. The van der Waals surface area contributed by atoms with Crippen molar-refractivity contribution >= 4 is 12.6 Å². The average Bonchev–Trinajstić information content (AvgIpc) is 2.17. The minimum absolute atomic E-state index is 0.744. The van der Waals surface area contributed by atoms with Gasteiger partial charge in [-0.15, -0.1) is 0 Å². The first-order valence-corrected chi connectivity index (χ1v) is 6.50. The third kappa shape index (κ3) is 4.67. The van der Waals surface area contributed by atoms with Crippen molar-refractivity contribution in [1.82, 2.24) is 10.2 Å². The van der Waals surface area contributed by atoms with Gasteiger partial charge in [0, 0.05) is 6.04 Å². The van der Waals surface area contributed by atoms with Gasteiger partial charge in [-0.1, -0.05) is 6.42 Å². The minimum atomic E-state index is 0.744. The Balaban J connectivity index is 2.23. The largest absolute Gasteiger partial charge is 0.317 e. The Bertz CT molecular complexity index is 139. The van der Waals surface area contributed by atoms with Gasteiger partial charge in [-0.25, -0.2) is 0 Å². The van der Waals surface area contributed by atoms with E-state index in [0.717, 1.165) is 11.8 Å². The van der Waals surface area contributed by atoms with E-state index in [-0.39, 0.29) is 0 Å². The predicted molar refractivity (Wildman–Crippen MR) is 66.2 cm³/mol. The van der Waals surface area contributed by atoms with Crippen molar-refractivity contribution in [2.75, 3.05) is 32.4 Å². The van der Waals surface area contributed by atoms with Crippen molar-refractivity contribution in [2.24, 2.45) is 0 Å². The van der Waals surface area contributed by atoms with E-state index >= 15 is 0 Å². The lowest BCUT2D eigenvalue weighted by Gasteiger charge is -2.28. The number of nitrogens with one attached hydrogen (secondary N) is 1. The molecule has 1 aliphatic rings. The van der Waals surface area contributed by atoms with E-state index in [1.54, 1.807) is 0 Å². The SMILES string of the molecule is CNC1CCCCN(CCCS)CC1. The third-order valence-corrected chi connectivity index (χ3v) is 3.43. The first kappa shape index (κ1) is 12.3. The van der Waals surface area contributed by atoms with Gasteiger partial charge < -0.3 is 10.2 Å². The number of nitrogens with zero attached hydrogens (tertiary/aromatic N) is 1. The van der Waals surface area contributed by atoms with Gasteiger partial charge in [0.2, 0.25) is 0 Å². The molecule has 0 bridgehead atoms. The van der Waals surface area contributed by atoms with Crippen LogP contribution in [0.15, 0.2) is 0 Å². The Hall–Kier alpha value is 0.270. The number of likely N-dealkylation sites (tertiary alicyclic amines) is 1. The average molecular weight is 216 g/mol. The van der Waals surface area contributed by atoms with Gasteiger partial charge in [0.1, 0.15) is 0 Å². The van der Waals surface area contributed by atoms with E-state index in [9.17, 15) is 0 Å². The highest BCUT2D eigenvalue weighted by Gasteiger charge is 2.13. The van der Waals surface area contributed by atoms with Gasteiger partial charge in [-0.05, 0) is 58.1 Å². The number of rotatable bonds is 4. The highest BCUT2D eigenvalue weighted by Crippen LogP contribution is 2.11. The molecule has 0 radical (unpaired) electrons. The van der Waals surface area contributed by atoms with Gasteiger partial charge in [0.25, 0.3) is 0 Å². The Kier molecular flexibility index (Phi) is 6.65. The second-order valence-corrected chi connectivity index (χ2v) is 4.64. The van der Waals surface area contributed by atoms with Crippen LogP contribution in [0.3, 0.4) is 0 Å². The monoisotopic (exact) mass is 216 g/mol. The molecule has 0 spiro atoms. The zero-order chi connectivity index (χ0) is 10.2. The highest BCUT2D eigenvalue weighted by molar-refractivity contribution is 7.80. The molecule has 1 unspecified atom stereocenters. The molecule has 1 saturated heterocycles. The van der Waals surface area contributed by atoms with Crippen LogP contribution >= 0.6 is 12.6 Å². The molecule has 0 aromatic carbocycles. The fraction of sp³-hybridized carbons (Fsp3) is 1.00. The number of hydrogen-bond acceptors (Lipinski definition) is 3. The lowest BCUT2D eigenvalue weighted by atomic mass is 10.0. The molecule has 1 heterocycles. The lowest BCUT2D eigenvalue weighted by molar-refractivity contribution is 0.232. The second kappa shape index (κ2) is 7.55. The van der Waals surface area contributed by atoms with Crippen LogP contribution in [-0.4, -0.2) is 43.4 Å².